The summed E-state index contributed by atoms with van der Waals surface area (Å²) < 4.78 is 0. The number of carboxylic acids is 1. The lowest BCUT2D eigenvalue weighted by Gasteiger charge is -2.07. The van der Waals surface area contributed by atoms with E-state index >= 15 is 0 Å². The number of nitrogens with one attached hydrogen (secondary N) is 1. The van der Waals surface area contributed by atoms with Crippen molar-refractivity contribution >= 4 is 33.3 Å². The molecule has 0 aliphatic heterocycles. The summed E-state index contributed by atoms with van der Waals surface area (Å²) >= 11 is 1.19. The highest BCUT2D eigenvalue weighted by atomic mass is 32.1. The third-order valence-corrected chi connectivity index (χ3v) is 4.66. The maximum atomic E-state index is 11.2. The lowest BCUT2D eigenvalue weighted by Crippen LogP contribution is -2.07. The molecule has 1 aromatic carbocycles. The van der Waals surface area contributed by atoms with Crippen LogP contribution in [0.3, 0.4) is 0 Å². The lowest BCUT2D eigenvalue weighted by atomic mass is 10.1. The zero-order chi connectivity index (χ0) is 15.5. The summed E-state index contributed by atoms with van der Waals surface area (Å²) in [6, 6.07) is 10.2. The second kappa shape index (κ2) is 6.11. The molecule has 0 aliphatic carbocycles. The van der Waals surface area contributed by atoms with Crippen molar-refractivity contribution < 1.29 is 9.90 Å². The summed E-state index contributed by atoms with van der Waals surface area (Å²) in [5.74, 6) is -0.224. The van der Waals surface area contributed by atoms with Crippen LogP contribution in [-0.2, 0) is 6.42 Å². The zero-order valence-corrected chi connectivity index (χ0v) is 12.9. The van der Waals surface area contributed by atoms with Crippen molar-refractivity contribution in [3.8, 4) is 0 Å². The molecule has 2 heterocycles. The van der Waals surface area contributed by atoms with Crippen LogP contribution >= 0.6 is 11.3 Å². The third kappa shape index (κ3) is 2.78. The van der Waals surface area contributed by atoms with E-state index in [9.17, 15) is 9.90 Å². The van der Waals surface area contributed by atoms with Crippen molar-refractivity contribution in [2.24, 2.45) is 0 Å². The van der Waals surface area contributed by atoms with Crippen molar-refractivity contribution in [2.75, 3.05) is 11.9 Å². The number of carbonyl (C=O) groups is 1. The summed E-state index contributed by atoms with van der Waals surface area (Å²) in [7, 11) is 0. The summed E-state index contributed by atoms with van der Waals surface area (Å²) in [5, 5.41) is 13.3. The van der Waals surface area contributed by atoms with Gasteiger partial charge in [0.25, 0.3) is 0 Å². The Labute approximate surface area is 131 Å². The number of hydrogen-bond acceptors (Lipinski definition) is 5. The molecule has 0 amide bonds. The summed E-state index contributed by atoms with van der Waals surface area (Å²) in [6.07, 6.45) is 2.34. The van der Waals surface area contributed by atoms with Gasteiger partial charge < -0.3 is 10.4 Å². The fraction of sp³-hybridized carbons (Fsp3) is 0.188. The molecule has 3 rings (SSSR count). The topological polar surface area (TPSA) is 75.1 Å². The molecule has 0 aliphatic rings. The number of anilines is 1. The Morgan fingerprint density at radius 2 is 2.05 bits per heavy atom. The molecule has 0 radical (unpaired) electrons. The van der Waals surface area contributed by atoms with E-state index in [-0.39, 0.29) is 0 Å². The van der Waals surface area contributed by atoms with Gasteiger partial charge in [-0.05, 0) is 24.5 Å². The first kappa shape index (κ1) is 14.5. The number of aryl methyl sites for hydroxylation is 1. The fourth-order valence-corrected chi connectivity index (χ4v) is 3.37. The molecular formula is C16H15N3O2S. The maximum absolute atomic E-state index is 11.2. The molecule has 0 saturated heterocycles. The largest absolute Gasteiger partial charge is 0.477 e. The maximum Gasteiger partial charge on any atom is 0.346 e. The number of aromatic carboxylic acids is 1. The summed E-state index contributed by atoms with van der Waals surface area (Å²) in [6.45, 7) is 2.53. The minimum absolute atomic E-state index is 0.321. The zero-order valence-electron chi connectivity index (χ0n) is 12.0. The summed E-state index contributed by atoms with van der Waals surface area (Å²) in [4.78, 5) is 20.7. The molecule has 0 fully saturated rings. The molecule has 3 aromatic rings. The molecule has 0 bridgehead atoms. The van der Waals surface area contributed by atoms with Gasteiger partial charge in [0.2, 0.25) is 0 Å². The quantitative estimate of drug-likeness (QED) is 0.755. The third-order valence-electron chi connectivity index (χ3n) is 3.47. The van der Waals surface area contributed by atoms with Crippen LogP contribution in [0.15, 0.2) is 36.7 Å². The Bertz CT molecular complexity index is 815. The first-order valence-corrected chi connectivity index (χ1v) is 7.73. The summed E-state index contributed by atoms with van der Waals surface area (Å²) in [5.41, 5.74) is 1.96. The Morgan fingerprint density at radius 3 is 2.77 bits per heavy atom. The van der Waals surface area contributed by atoms with E-state index < -0.39 is 5.97 Å². The Balaban J connectivity index is 1.83. The number of thiophene rings is 1. The Hall–Kier alpha value is -2.47. The molecule has 0 atom stereocenters. The van der Waals surface area contributed by atoms with E-state index in [0.717, 1.165) is 23.9 Å². The van der Waals surface area contributed by atoms with Gasteiger partial charge in [-0.2, -0.15) is 0 Å². The minimum atomic E-state index is -0.921. The van der Waals surface area contributed by atoms with Crippen molar-refractivity contribution in [3.05, 3.63) is 52.7 Å². The van der Waals surface area contributed by atoms with Gasteiger partial charge >= 0.3 is 5.97 Å². The molecule has 112 valence electrons. The molecule has 6 heteroatoms. The van der Waals surface area contributed by atoms with Gasteiger partial charge in [0.05, 0.1) is 5.39 Å². The van der Waals surface area contributed by atoms with Gasteiger partial charge in [-0.3, -0.25) is 0 Å². The van der Waals surface area contributed by atoms with Gasteiger partial charge in [-0.25, -0.2) is 14.8 Å². The first-order chi connectivity index (χ1) is 10.7. The van der Waals surface area contributed by atoms with Gasteiger partial charge in [0.15, 0.2) is 0 Å². The van der Waals surface area contributed by atoms with E-state index in [1.54, 1.807) is 6.92 Å². The van der Waals surface area contributed by atoms with Crippen molar-refractivity contribution in [3.63, 3.8) is 0 Å². The number of benzene rings is 1. The van der Waals surface area contributed by atoms with Gasteiger partial charge in [0.1, 0.15) is 21.9 Å². The smallest absolute Gasteiger partial charge is 0.346 e. The molecule has 0 spiro atoms. The van der Waals surface area contributed by atoms with Crippen LogP contribution in [0.5, 0.6) is 0 Å². The van der Waals surface area contributed by atoms with Crippen LogP contribution in [0, 0.1) is 6.92 Å². The normalized spacial score (nSPS) is 10.8. The van der Waals surface area contributed by atoms with Crippen LogP contribution in [0.25, 0.3) is 10.2 Å². The predicted octanol–water partition coefficient (Wildman–Crippen LogP) is 3.35. The van der Waals surface area contributed by atoms with Crippen molar-refractivity contribution in [1.82, 2.24) is 9.97 Å². The molecular weight excluding hydrogens is 298 g/mol. The van der Waals surface area contributed by atoms with E-state index in [2.05, 4.69) is 27.4 Å². The van der Waals surface area contributed by atoms with Gasteiger partial charge in [-0.1, -0.05) is 30.3 Å². The standard InChI is InChI=1S/C16H15N3O2S/c1-10-12-14(17-8-7-11-5-3-2-4-6-11)18-9-19-15(12)22-13(10)16(20)21/h2-6,9H,7-8H2,1H3,(H,20,21)(H,17,18,19). The number of nitrogens with zero attached hydrogens (tertiary/aromatic N) is 2. The van der Waals surface area contributed by atoms with Crippen LogP contribution in [0.2, 0.25) is 0 Å². The number of carboxylic acid groups (broad SMARTS) is 1. The molecule has 5 nitrogen and oxygen atoms in total. The van der Waals surface area contributed by atoms with Crippen LogP contribution < -0.4 is 5.32 Å². The molecule has 0 unspecified atom stereocenters. The van der Waals surface area contributed by atoms with Crippen LogP contribution in [0.1, 0.15) is 20.8 Å². The number of fused-ring (bicyclic) bond motifs is 1. The van der Waals surface area contributed by atoms with E-state index in [0.29, 0.717) is 15.5 Å². The molecule has 22 heavy (non-hydrogen) atoms. The first-order valence-electron chi connectivity index (χ1n) is 6.92. The molecule has 2 N–H and O–H groups in total. The second-order valence-corrected chi connectivity index (χ2v) is 5.93. The van der Waals surface area contributed by atoms with E-state index in [1.165, 1.54) is 23.2 Å². The van der Waals surface area contributed by atoms with Crippen LogP contribution in [0.4, 0.5) is 5.82 Å². The van der Waals surface area contributed by atoms with E-state index in [4.69, 9.17) is 0 Å². The SMILES string of the molecule is Cc1c(C(=O)O)sc2ncnc(NCCc3ccccc3)c12. The molecule has 0 saturated carbocycles. The minimum Gasteiger partial charge on any atom is -0.477 e. The number of rotatable bonds is 5. The van der Waals surface area contributed by atoms with Crippen LogP contribution in [-0.4, -0.2) is 27.6 Å². The Kier molecular flexibility index (Phi) is 4.02. The highest BCUT2D eigenvalue weighted by Gasteiger charge is 2.18. The number of hydrogen-bond donors (Lipinski definition) is 2. The van der Waals surface area contributed by atoms with Gasteiger partial charge in [0, 0.05) is 6.54 Å². The predicted molar refractivity (Wildman–Crippen MR) is 87.7 cm³/mol. The monoisotopic (exact) mass is 313 g/mol. The number of aromatic nitrogens is 2. The second-order valence-electron chi connectivity index (χ2n) is 4.93. The van der Waals surface area contributed by atoms with E-state index in [1.807, 2.05) is 18.2 Å². The Morgan fingerprint density at radius 1 is 1.27 bits per heavy atom. The van der Waals surface area contributed by atoms with Gasteiger partial charge in [-0.15, -0.1) is 11.3 Å². The fourth-order valence-electron chi connectivity index (χ4n) is 2.38. The average Bonchev–Trinajstić information content (AvgIpc) is 2.87. The van der Waals surface area contributed by atoms with Crippen molar-refractivity contribution in [2.45, 2.75) is 13.3 Å². The highest BCUT2D eigenvalue weighted by molar-refractivity contribution is 7.20. The van der Waals surface area contributed by atoms with Crippen molar-refractivity contribution in [1.29, 1.82) is 0 Å². The lowest BCUT2D eigenvalue weighted by molar-refractivity contribution is 0.0701. The highest BCUT2D eigenvalue weighted by Crippen LogP contribution is 2.33. The average molecular weight is 313 g/mol. The molecule has 2 aromatic heterocycles.